The first-order valence-electron chi connectivity index (χ1n) is 10.0. The van der Waals surface area contributed by atoms with E-state index in [0.29, 0.717) is 20.9 Å². The van der Waals surface area contributed by atoms with Crippen LogP contribution < -0.4 is 5.32 Å². The summed E-state index contributed by atoms with van der Waals surface area (Å²) in [6.07, 6.45) is 0.963. The second-order valence-electron chi connectivity index (χ2n) is 6.99. The molecule has 0 radical (unpaired) electrons. The molecule has 0 aliphatic heterocycles. The molecule has 5 nitrogen and oxygen atoms in total. The summed E-state index contributed by atoms with van der Waals surface area (Å²) in [6.45, 7) is 2.12. The van der Waals surface area contributed by atoms with E-state index in [4.69, 9.17) is 23.2 Å². The zero-order valence-electron chi connectivity index (χ0n) is 17.3. The lowest BCUT2D eigenvalue weighted by Crippen LogP contribution is -2.14. The van der Waals surface area contributed by atoms with Gasteiger partial charge in [-0.25, -0.2) is 0 Å². The van der Waals surface area contributed by atoms with Gasteiger partial charge in [0.25, 0.3) is 0 Å². The third kappa shape index (κ3) is 5.15. The standard InChI is InChI=1S/C24H20Cl2N4OS/c1-2-16-8-11-19(12-9-16)30-23(17-6-4-3-5-7-17)28-29-24(30)32-15-22(31)27-18-10-13-20(25)21(26)14-18/h3-14H,2,15H2,1H3,(H,27,31). The van der Waals surface area contributed by atoms with Gasteiger partial charge in [-0.05, 0) is 42.3 Å². The van der Waals surface area contributed by atoms with Crippen LogP contribution in [0.3, 0.4) is 0 Å². The smallest absolute Gasteiger partial charge is 0.234 e. The zero-order valence-corrected chi connectivity index (χ0v) is 19.6. The highest BCUT2D eigenvalue weighted by Crippen LogP contribution is 2.29. The van der Waals surface area contributed by atoms with Gasteiger partial charge >= 0.3 is 0 Å². The van der Waals surface area contributed by atoms with Crippen LogP contribution in [-0.4, -0.2) is 26.4 Å². The minimum absolute atomic E-state index is 0.167. The predicted octanol–water partition coefficient (Wildman–Crippen LogP) is 6.53. The fourth-order valence-corrected chi connectivity index (χ4v) is 4.20. The van der Waals surface area contributed by atoms with Crippen LogP contribution in [-0.2, 0) is 11.2 Å². The van der Waals surface area contributed by atoms with Crippen molar-refractivity contribution in [2.75, 3.05) is 11.1 Å². The number of thioether (sulfide) groups is 1. The highest BCUT2D eigenvalue weighted by Gasteiger charge is 2.17. The number of halogens is 2. The summed E-state index contributed by atoms with van der Waals surface area (Å²) in [4.78, 5) is 12.5. The molecule has 32 heavy (non-hydrogen) atoms. The Morgan fingerprint density at radius 1 is 0.969 bits per heavy atom. The Hall–Kier alpha value is -2.80. The van der Waals surface area contributed by atoms with Gasteiger partial charge in [0.05, 0.1) is 15.8 Å². The fraction of sp³-hybridized carbons (Fsp3) is 0.125. The third-order valence-corrected chi connectivity index (χ3v) is 6.47. The number of benzene rings is 3. The van der Waals surface area contributed by atoms with Crippen molar-refractivity contribution >= 4 is 46.6 Å². The molecule has 0 bridgehead atoms. The topological polar surface area (TPSA) is 59.8 Å². The molecule has 0 saturated heterocycles. The van der Waals surface area contributed by atoms with Crippen molar-refractivity contribution in [1.29, 1.82) is 0 Å². The molecule has 0 saturated carbocycles. The van der Waals surface area contributed by atoms with Crippen molar-refractivity contribution in [2.45, 2.75) is 18.5 Å². The maximum absolute atomic E-state index is 12.5. The van der Waals surface area contributed by atoms with Crippen LogP contribution in [0.4, 0.5) is 5.69 Å². The largest absolute Gasteiger partial charge is 0.325 e. The first-order valence-corrected chi connectivity index (χ1v) is 11.8. The quantitative estimate of drug-likeness (QED) is 0.304. The molecule has 0 spiro atoms. The summed E-state index contributed by atoms with van der Waals surface area (Å²) < 4.78 is 1.98. The number of aromatic nitrogens is 3. The van der Waals surface area contributed by atoms with Gasteiger partial charge in [0.1, 0.15) is 0 Å². The van der Waals surface area contributed by atoms with Gasteiger partial charge in [0.2, 0.25) is 5.91 Å². The van der Waals surface area contributed by atoms with E-state index in [1.165, 1.54) is 17.3 Å². The molecular weight excluding hydrogens is 463 g/mol. The van der Waals surface area contributed by atoms with E-state index in [0.717, 1.165) is 23.5 Å². The summed E-state index contributed by atoms with van der Waals surface area (Å²) in [6, 6.07) is 23.1. The number of nitrogens with one attached hydrogen (secondary N) is 1. The van der Waals surface area contributed by atoms with Crippen molar-refractivity contribution in [3.05, 3.63) is 88.4 Å². The van der Waals surface area contributed by atoms with Crippen LogP contribution in [0.1, 0.15) is 12.5 Å². The lowest BCUT2D eigenvalue weighted by atomic mass is 10.1. The van der Waals surface area contributed by atoms with E-state index in [9.17, 15) is 4.79 Å². The lowest BCUT2D eigenvalue weighted by Gasteiger charge is -2.11. The van der Waals surface area contributed by atoms with Gasteiger partial charge in [0.15, 0.2) is 11.0 Å². The predicted molar refractivity (Wildman–Crippen MR) is 132 cm³/mol. The van der Waals surface area contributed by atoms with E-state index in [-0.39, 0.29) is 11.7 Å². The summed E-state index contributed by atoms with van der Waals surface area (Å²) >= 11 is 13.3. The summed E-state index contributed by atoms with van der Waals surface area (Å²) in [5.74, 6) is 0.716. The first-order chi connectivity index (χ1) is 15.5. The van der Waals surface area contributed by atoms with Crippen LogP contribution in [0.15, 0.2) is 78.0 Å². The molecule has 8 heteroatoms. The zero-order chi connectivity index (χ0) is 22.5. The Kier molecular flexibility index (Phi) is 7.15. The van der Waals surface area contributed by atoms with E-state index in [2.05, 4.69) is 46.7 Å². The van der Waals surface area contributed by atoms with Gasteiger partial charge in [0, 0.05) is 16.9 Å². The van der Waals surface area contributed by atoms with Crippen LogP contribution in [0.5, 0.6) is 0 Å². The van der Waals surface area contributed by atoms with Crippen molar-refractivity contribution in [1.82, 2.24) is 14.8 Å². The molecule has 4 rings (SSSR count). The number of rotatable bonds is 7. The van der Waals surface area contributed by atoms with Gasteiger partial charge in [-0.1, -0.05) is 84.4 Å². The highest BCUT2D eigenvalue weighted by atomic mass is 35.5. The molecule has 1 amide bonds. The Labute approximate surface area is 200 Å². The van der Waals surface area contributed by atoms with Gasteiger partial charge < -0.3 is 5.32 Å². The molecule has 3 aromatic carbocycles. The normalized spacial score (nSPS) is 10.8. The first kappa shape index (κ1) is 22.4. The molecule has 0 fully saturated rings. The van der Waals surface area contributed by atoms with Crippen molar-refractivity contribution in [3.63, 3.8) is 0 Å². The average Bonchev–Trinajstić information content (AvgIpc) is 3.25. The third-order valence-electron chi connectivity index (χ3n) is 4.80. The maximum atomic E-state index is 12.5. The fourth-order valence-electron chi connectivity index (χ4n) is 3.15. The minimum Gasteiger partial charge on any atom is -0.325 e. The second-order valence-corrected chi connectivity index (χ2v) is 8.75. The van der Waals surface area contributed by atoms with Crippen molar-refractivity contribution in [3.8, 4) is 17.1 Å². The Balaban J connectivity index is 1.58. The SMILES string of the molecule is CCc1ccc(-n2c(SCC(=O)Nc3ccc(Cl)c(Cl)c3)nnc2-c2ccccc2)cc1. The molecule has 1 aromatic heterocycles. The molecule has 162 valence electrons. The van der Waals surface area contributed by atoms with Crippen LogP contribution in [0.25, 0.3) is 17.1 Å². The molecule has 0 unspecified atom stereocenters. The Morgan fingerprint density at radius 2 is 1.72 bits per heavy atom. The number of amides is 1. The molecule has 0 aliphatic rings. The number of hydrogen-bond acceptors (Lipinski definition) is 4. The van der Waals surface area contributed by atoms with E-state index in [1.54, 1.807) is 18.2 Å². The molecular formula is C24H20Cl2N4OS. The number of hydrogen-bond donors (Lipinski definition) is 1. The molecule has 1 N–H and O–H groups in total. The highest BCUT2D eigenvalue weighted by molar-refractivity contribution is 7.99. The molecule has 4 aromatic rings. The summed E-state index contributed by atoms with van der Waals surface area (Å²) in [7, 11) is 0. The van der Waals surface area contributed by atoms with E-state index in [1.807, 2.05) is 34.9 Å². The van der Waals surface area contributed by atoms with Crippen LogP contribution in [0.2, 0.25) is 10.0 Å². The number of carbonyl (C=O) groups is 1. The number of carbonyl (C=O) groups excluding carboxylic acids is 1. The van der Waals surface area contributed by atoms with E-state index < -0.39 is 0 Å². The Morgan fingerprint density at radius 3 is 2.41 bits per heavy atom. The summed E-state index contributed by atoms with van der Waals surface area (Å²) in [5.41, 5.74) is 3.73. The number of anilines is 1. The van der Waals surface area contributed by atoms with Crippen LogP contribution >= 0.6 is 35.0 Å². The van der Waals surface area contributed by atoms with Crippen LogP contribution in [0, 0.1) is 0 Å². The van der Waals surface area contributed by atoms with Gasteiger partial charge in [-0.15, -0.1) is 10.2 Å². The molecule has 0 atom stereocenters. The number of aryl methyl sites for hydroxylation is 1. The van der Waals surface area contributed by atoms with Gasteiger partial charge in [-0.3, -0.25) is 9.36 Å². The van der Waals surface area contributed by atoms with Crippen molar-refractivity contribution < 1.29 is 4.79 Å². The molecule has 1 heterocycles. The minimum atomic E-state index is -0.175. The lowest BCUT2D eigenvalue weighted by molar-refractivity contribution is -0.113. The van der Waals surface area contributed by atoms with Crippen molar-refractivity contribution in [2.24, 2.45) is 0 Å². The van der Waals surface area contributed by atoms with E-state index >= 15 is 0 Å². The second kappa shape index (κ2) is 10.2. The maximum Gasteiger partial charge on any atom is 0.234 e. The Bertz CT molecular complexity index is 1230. The summed E-state index contributed by atoms with van der Waals surface area (Å²) in [5, 5.41) is 13.1. The van der Waals surface area contributed by atoms with Gasteiger partial charge in [-0.2, -0.15) is 0 Å². The monoisotopic (exact) mass is 482 g/mol. The molecule has 0 aliphatic carbocycles. The number of nitrogens with zero attached hydrogens (tertiary/aromatic N) is 3. The average molecular weight is 483 g/mol.